The van der Waals surface area contributed by atoms with E-state index in [0.29, 0.717) is 5.69 Å². The molecular weight excluding hydrogens is 365 g/mol. The predicted octanol–water partition coefficient (Wildman–Crippen LogP) is 3.00. The fourth-order valence-electron chi connectivity index (χ4n) is 1.99. The summed E-state index contributed by atoms with van der Waals surface area (Å²) in [6, 6.07) is 13.0. The molecule has 0 aliphatic heterocycles. The molecule has 0 spiro atoms. The van der Waals surface area contributed by atoms with E-state index in [2.05, 4.69) is 31.6 Å². The van der Waals surface area contributed by atoms with Crippen LogP contribution in [0.1, 0.15) is 10.5 Å². The van der Waals surface area contributed by atoms with Crippen molar-refractivity contribution in [1.82, 2.24) is 15.0 Å². The van der Waals surface area contributed by atoms with Crippen LogP contribution in [0.15, 0.2) is 53.0 Å². The molecule has 3 aromatic rings. The van der Waals surface area contributed by atoms with Crippen LogP contribution >= 0.6 is 15.9 Å². The maximum atomic E-state index is 13.6. The second-order valence-electron chi connectivity index (χ2n) is 4.65. The molecule has 2 aromatic carbocycles. The second-order valence-corrected chi connectivity index (χ2v) is 5.56. The van der Waals surface area contributed by atoms with E-state index in [4.69, 9.17) is 5.73 Å². The third-order valence-electron chi connectivity index (χ3n) is 3.09. The lowest BCUT2D eigenvalue weighted by molar-refractivity contribution is 0.102. The molecular formula is C15H11BrFN5O. The molecule has 0 aliphatic carbocycles. The van der Waals surface area contributed by atoms with Crippen molar-refractivity contribution in [3.8, 4) is 5.69 Å². The largest absolute Gasteiger partial charge is 0.382 e. The van der Waals surface area contributed by atoms with Crippen LogP contribution in [0.2, 0.25) is 0 Å². The van der Waals surface area contributed by atoms with Crippen molar-refractivity contribution in [3.05, 3.63) is 64.5 Å². The number of carbonyl (C=O) groups excluding carboxylic acids is 1. The summed E-state index contributed by atoms with van der Waals surface area (Å²) in [6.45, 7) is 0. The van der Waals surface area contributed by atoms with Crippen molar-refractivity contribution in [1.29, 1.82) is 0 Å². The third kappa shape index (κ3) is 3.07. The summed E-state index contributed by atoms with van der Waals surface area (Å²) in [6.07, 6.45) is 0. The van der Waals surface area contributed by atoms with Gasteiger partial charge in [0.15, 0.2) is 11.5 Å². The summed E-state index contributed by atoms with van der Waals surface area (Å²) in [5.41, 5.74) is 6.57. The Morgan fingerprint density at radius 1 is 1.22 bits per heavy atom. The number of nitrogens with two attached hydrogens (primary N) is 1. The Hall–Kier alpha value is -2.74. The molecule has 0 bridgehead atoms. The summed E-state index contributed by atoms with van der Waals surface area (Å²) in [5, 5.41) is 10.1. The number of nitrogens with zero attached hydrogens (tertiary/aromatic N) is 3. The summed E-state index contributed by atoms with van der Waals surface area (Å²) in [5.74, 6) is -1.11. The number of anilines is 2. The van der Waals surface area contributed by atoms with Gasteiger partial charge in [0.25, 0.3) is 5.91 Å². The van der Waals surface area contributed by atoms with Gasteiger partial charge in [-0.05, 0) is 30.3 Å². The number of benzene rings is 2. The maximum absolute atomic E-state index is 13.6. The number of rotatable bonds is 3. The van der Waals surface area contributed by atoms with Gasteiger partial charge in [-0.1, -0.05) is 39.3 Å². The fourth-order valence-corrected chi connectivity index (χ4v) is 2.38. The van der Waals surface area contributed by atoms with Gasteiger partial charge in [-0.15, -0.1) is 5.10 Å². The molecule has 3 rings (SSSR count). The summed E-state index contributed by atoms with van der Waals surface area (Å²) in [4.78, 5) is 12.2. The number of halogens is 2. The lowest BCUT2D eigenvalue weighted by Gasteiger charge is -2.05. The van der Waals surface area contributed by atoms with E-state index in [-0.39, 0.29) is 17.2 Å². The third-order valence-corrected chi connectivity index (χ3v) is 3.59. The first-order valence-electron chi connectivity index (χ1n) is 6.59. The second kappa shape index (κ2) is 6.17. The van der Waals surface area contributed by atoms with Crippen molar-refractivity contribution in [2.75, 3.05) is 11.1 Å². The fraction of sp³-hybridized carbons (Fsp3) is 0. The van der Waals surface area contributed by atoms with Crippen molar-refractivity contribution in [3.63, 3.8) is 0 Å². The number of amides is 1. The Morgan fingerprint density at radius 2 is 2.00 bits per heavy atom. The first-order valence-corrected chi connectivity index (χ1v) is 7.38. The van der Waals surface area contributed by atoms with Gasteiger partial charge in [-0.25, -0.2) is 4.39 Å². The Bertz CT molecular complexity index is 880. The molecule has 1 heterocycles. The lowest BCUT2D eigenvalue weighted by Crippen LogP contribution is -2.15. The predicted molar refractivity (Wildman–Crippen MR) is 87.8 cm³/mol. The molecule has 0 atom stereocenters. The lowest BCUT2D eigenvalue weighted by atomic mass is 10.3. The Kier molecular flexibility index (Phi) is 4.07. The van der Waals surface area contributed by atoms with Crippen LogP contribution in [-0.2, 0) is 0 Å². The molecule has 0 aliphatic rings. The molecule has 1 aromatic heterocycles. The molecule has 8 heteroatoms. The van der Waals surface area contributed by atoms with Crippen LogP contribution in [-0.4, -0.2) is 20.9 Å². The number of nitrogen functional groups attached to an aromatic ring is 1. The summed E-state index contributed by atoms with van der Waals surface area (Å²) >= 11 is 3.35. The normalized spacial score (nSPS) is 10.5. The summed E-state index contributed by atoms with van der Waals surface area (Å²) in [7, 11) is 0. The monoisotopic (exact) mass is 375 g/mol. The number of hydrogen-bond donors (Lipinski definition) is 2. The zero-order valence-electron chi connectivity index (χ0n) is 11.7. The molecule has 116 valence electrons. The quantitative estimate of drug-likeness (QED) is 0.736. The van der Waals surface area contributed by atoms with Gasteiger partial charge in [0.1, 0.15) is 5.82 Å². The van der Waals surface area contributed by atoms with Gasteiger partial charge in [0, 0.05) is 4.47 Å². The zero-order chi connectivity index (χ0) is 16.4. The smallest absolute Gasteiger partial charge is 0.280 e. The van der Waals surface area contributed by atoms with E-state index >= 15 is 0 Å². The van der Waals surface area contributed by atoms with Crippen molar-refractivity contribution in [2.45, 2.75) is 0 Å². The molecule has 0 saturated heterocycles. The minimum absolute atomic E-state index is 0.0499. The molecule has 0 fully saturated rings. The van der Waals surface area contributed by atoms with Crippen LogP contribution in [0.4, 0.5) is 15.9 Å². The van der Waals surface area contributed by atoms with Crippen LogP contribution in [0.5, 0.6) is 0 Å². The van der Waals surface area contributed by atoms with Gasteiger partial charge in [0.05, 0.1) is 11.4 Å². The Balaban J connectivity index is 1.90. The van der Waals surface area contributed by atoms with Crippen molar-refractivity contribution < 1.29 is 9.18 Å². The molecule has 0 radical (unpaired) electrons. The van der Waals surface area contributed by atoms with E-state index in [1.54, 1.807) is 24.3 Å². The molecule has 6 nitrogen and oxygen atoms in total. The van der Waals surface area contributed by atoms with Crippen molar-refractivity contribution >= 4 is 33.3 Å². The van der Waals surface area contributed by atoms with Gasteiger partial charge in [0.2, 0.25) is 0 Å². The first-order chi connectivity index (χ1) is 11.1. The van der Waals surface area contributed by atoms with E-state index in [9.17, 15) is 9.18 Å². The summed E-state index contributed by atoms with van der Waals surface area (Å²) < 4.78 is 15.8. The average Bonchev–Trinajstić information content (AvgIpc) is 2.91. The minimum atomic E-state index is -0.631. The maximum Gasteiger partial charge on any atom is 0.280 e. The van der Waals surface area contributed by atoms with Crippen LogP contribution in [0.3, 0.4) is 0 Å². The van der Waals surface area contributed by atoms with E-state index in [0.717, 1.165) is 4.47 Å². The van der Waals surface area contributed by atoms with Crippen LogP contribution in [0.25, 0.3) is 5.69 Å². The number of aromatic nitrogens is 3. The molecule has 0 unspecified atom stereocenters. The topological polar surface area (TPSA) is 85.8 Å². The van der Waals surface area contributed by atoms with Crippen molar-refractivity contribution in [2.24, 2.45) is 0 Å². The Labute approximate surface area is 139 Å². The van der Waals surface area contributed by atoms with Gasteiger partial charge >= 0.3 is 0 Å². The van der Waals surface area contributed by atoms with E-state index in [1.807, 2.05) is 6.07 Å². The highest BCUT2D eigenvalue weighted by molar-refractivity contribution is 9.10. The average molecular weight is 376 g/mol. The number of nitrogens with one attached hydrogen (secondary N) is 1. The molecule has 0 saturated carbocycles. The van der Waals surface area contributed by atoms with E-state index in [1.165, 1.54) is 22.9 Å². The van der Waals surface area contributed by atoms with Crippen LogP contribution < -0.4 is 11.1 Å². The van der Waals surface area contributed by atoms with E-state index < -0.39 is 11.7 Å². The Morgan fingerprint density at radius 3 is 2.74 bits per heavy atom. The number of hydrogen-bond acceptors (Lipinski definition) is 4. The number of para-hydroxylation sites is 1. The van der Waals surface area contributed by atoms with Crippen LogP contribution in [0, 0.1) is 5.82 Å². The SMILES string of the molecule is Nc1c(C(=O)Nc2ccccc2F)nnn1-c1cccc(Br)c1. The van der Waals surface area contributed by atoms with Gasteiger partial charge in [-0.3, -0.25) is 4.79 Å². The first kappa shape index (κ1) is 15.2. The minimum Gasteiger partial charge on any atom is -0.382 e. The number of carbonyl (C=O) groups is 1. The van der Waals surface area contributed by atoms with Gasteiger partial charge < -0.3 is 11.1 Å². The highest BCUT2D eigenvalue weighted by atomic mass is 79.9. The highest BCUT2D eigenvalue weighted by Gasteiger charge is 2.19. The highest BCUT2D eigenvalue weighted by Crippen LogP contribution is 2.20. The molecule has 1 amide bonds. The molecule has 23 heavy (non-hydrogen) atoms. The zero-order valence-corrected chi connectivity index (χ0v) is 13.3. The standard InChI is InChI=1S/C15H11BrFN5O/c16-9-4-3-5-10(8-9)22-14(18)13(20-21-22)15(23)19-12-7-2-1-6-11(12)17/h1-8H,18H2,(H,19,23). The van der Waals surface area contributed by atoms with Gasteiger partial charge in [-0.2, -0.15) is 4.68 Å². The molecule has 3 N–H and O–H groups in total.